The normalized spacial score (nSPS) is 8.00. The second-order valence-corrected chi connectivity index (χ2v) is 2.22. The first-order valence-corrected chi connectivity index (χ1v) is 3.38. The Morgan fingerprint density at radius 2 is 1.83 bits per heavy atom. The van der Waals surface area contributed by atoms with Gasteiger partial charge in [0.2, 0.25) is 0 Å². The van der Waals surface area contributed by atoms with Gasteiger partial charge in [-0.3, -0.25) is 4.79 Å². The van der Waals surface area contributed by atoms with Crippen LogP contribution in [0.4, 0.5) is 0 Å². The lowest BCUT2D eigenvalue weighted by molar-refractivity contribution is -0.144. The fraction of sp³-hybridized carbons (Fsp3) is 0.500. The summed E-state index contributed by atoms with van der Waals surface area (Å²) in [6, 6.07) is 0. The Kier molecular flexibility index (Phi) is 8.62. The quantitative estimate of drug-likeness (QED) is 0.502. The Balaban J connectivity index is 0. The summed E-state index contributed by atoms with van der Waals surface area (Å²) < 4.78 is 4.37. The molecule has 0 radical (unpaired) electrons. The van der Waals surface area contributed by atoms with Crippen molar-refractivity contribution >= 4 is 11.9 Å². The molecule has 0 atom stereocenters. The fourth-order valence-corrected chi connectivity index (χ4v) is 0.236. The van der Waals surface area contributed by atoms with E-state index in [1.807, 2.05) is 0 Å². The van der Waals surface area contributed by atoms with E-state index in [0.717, 1.165) is 6.08 Å². The molecule has 0 aromatic carbocycles. The van der Waals surface area contributed by atoms with Crippen LogP contribution in [0.1, 0.15) is 13.8 Å². The van der Waals surface area contributed by atoms with Crippen LogP contribution >= 0.6 is 0 Å². The van der Waals surface area contributed by atoms with Crippen LogP contribution in [-0.4, -0.2) is 24.2 Å². The van der Waals surface area contributed by atoms with Gasteiger partial charge in [-0.1, -0.05) is 20.4 Å². The van der Waals surface area contributed by atoms with Crippen LogP contribution in [0.15, 0.2) is 12.7 Å². The molecule has 4 nitrogen and oxygen atoms in total. The van der Waals surface area contributed by atoms with Crippen molar-refractivity contribution in [2.45, 2.75) is 13.8 Å². The summed E-state index contributed by atoms with van der Waals surface area (Å²) in [5.74, 6) is -1.13. The maximum atomic E-state index is 10.3. The van der Waals surface area contributed by atoms with Gasteiger partial charge < -0.3 is 9.84 Å². The number of hydrogen-bond donors (Lipinski definition) is 1. The summed E-state index contributed by atoms with van der Waals surface area (Å²) in [6.45, 7) is 6.56. The molecule has 4 heteroatoms. The molecule has 0 saturated heterocycles. The summed E-state index contributed by atoms with van der Waals surface area (Å²) in [7, 11) is 1.39. The van der Waals surface area contributed by atoms with E-state index in [9.17, 15) is 9.59 Å². The van der Waals surface area contributed by atoms with Crippen LogP contribution in [0.5, 0.6) is 0 Å². The number of esters is 1. The zero-order chi connectivity index (χ0) is 10.1. The van der Waals surface area contributed by atoms with Gasteiger partial charge in [-0.25, -0.2) is 4.79 Å². The van der Waals surface area contributed by atoms with Crippen LogP contribution in [0.3, 0.4) is 0 Å². The van der Waals surface area contributed by atoms with Crippen molar-refractivity contribution < 1.29 is 19.4 Å². The van der Waals surface area contributed by atoms with Gasteiger partial charge in [0.25, 0.3) is 0 Å². The van der Waals surface area contributed by atoms with Crippen LogP contribution in [-0.2, 0) is 14.3 Å². The van der Waals surface area contributed by atoms with E-state index in [0.29, 0.717) is 0 Å². The number of carboxylic acid groups (broad SMARTS) is 1. The molecule has 0 bridgehead atoms. The lowest BCUT2D eigenvalue weighted by Crippen LogP contribution is -2.07. The first-order chi connectivity index (χ1) is 5.45. The highest BCUT2D eigenvalue weighted by Gasteiger charge is 2.03. The summed E-state index contributed by atoms with van der Waals surface area (Å²) in [4.78, 5) is 19.5. The zero-order valence-electron chi connectivity index (χ0n) is 7.53. The SMILES string of the molecule is C=CC(=O)O.COC(=O)C(C)C. The van der Waals surface area contributed by atoms with E-state index in [2.05, 4.69) is 11.3 Å². The molecule has 0 heterocycles. The third-order valence-corrected chi connectivity index (χ3v) is 0.847. The largest absolute Gasteiger partial charge is 0.478 e. The summed E-state index contributed by atoms with van der Waals surface area (Å²) in [5.41, 5.74) is 0. The molecule has 0 aromatic heterocycles. The van der Waals surface area contributed by atoms with Gasteiger partial charge in [0.1, 0.15) is 0 Å². The molecular weight excluding hydrogens is 160 g/mol. The fourth-order valence-electron chi connectivity index (χ4n) is 0.236. The molecule has 0 aliphatic carbocycles. The number of carbonyl (C=O) groups is 2. The van der Waals surface area contributed by atoms with Crippen LogP contribution in [0.2, 0.25) is 0 Å². The number of hydrogen-bond acceptors (Lipinski definition) is 3. The second-order valence-electron chi connectivity index (χ2n) is 2.22. The maximum Gasteiger partial charge on any atom is 0.327 e. The lowest BCUT2D eigenvalue weighted by Gasteiger charge is -1.97. The van der Waals surface area contributed by atoms with Gasteiger partial charge in [-0.2, -0.15) is 0 Å². The summed E-state index contributed by atoms with van der Waals surface area (Å²) in [5, 5.41) is 7.60. The molecule has 0 saturated carbocycles. The molecule has 0 amide bonds. The maximum absolute atomic E-state index is 10.3. The highest BCUT2D eigenvalue weighted by atomic mass is 16.5. The van der Waals surface area contributed by atoms with Gasteiger partial charge in [-0.05, 0) is 0 Å². The van der Waals surface area contributed by atoms with E-state index < -0.39 is 5.97 Å². The van der Waals surface area contributed by atoms with Crippen molar-refractivity contribution in [3.63, 3.8) is 0 Å². The molecular formula is C8H14O4. The number of carboxylic acids is 1. The number of aliphatic carboxylic acids is 1. The minimum absolute atomic E-state index is 0.00463. The molecule has 70 valence electrons. The molecule has 0 unspecified atom stereocenters. The third kappa shape index (κ3) is 11.5. The minimum Gasteiger partial charge on any atom is -0.478 e. The van der Waals surface area contributed by atoms with E-state index >= 15 is 0 Å². The van der Waals surface area contributed by atoms with Crippen molar-refractivity contribution in [3.05, 3.63) is 12.7 Å². The Hall–Kier alpha value is -1.32. The van der Waals surface area contributed by atoms with Gasteiger partial charge in [0.15, 0.2) is 0 Å². The van der Waals surface area contributed by atoms with E-state index in [-0.39, 0.29) is 11.9 Å². The Morgan fingerprint density at radius 3 is 1.83 bits per heavy atom. The predicted molar refractivity (Wildman–Crippen MR) is 44.7 cm³/mol. The van der Waals surface area contributed by atoms with E-state index in [1.165, 1.54) is 7.11 Å². The van der Waals surface area contributed by atoms with Gasteiger partial charge in [0.05, 0.1) is 13.0 Å². The average molecular weight is 174 g/mol. The first-order valence-electron chi connectivity index (χ1n) is 3.38. The number of rotatable bonds is 2. The van der Waals surface area contributed by atoms with Crippen LogP contribution < -0.4 is 0 Å². The topological polar surface area (TPSA) is 63.6 Å². The average Bonchev–Trinajstić information content (AvgIpc) is 2.04. The second kappa shape index (κ2) is 7.78. The Bertz CT molecular complexity index is 160. The van der Waals surface area contributed by atoms with Crippen molar-refractivity contribution in [3.8, 4) is 0 Å². The molecule has 0 rings (SSSR count). The highest BCUT2D eigenvalue weighted by Crippen LogP contribution is 1.91. The van der Waals surface area contributed by atoms with Crippen LogP contribution in [0.25, 0.3) is 0 Å². The number of ether oxygens (including phenoxy) is 1. The predicted octanol–water partition coefficient (Wildman–Crippen LogP) is 1.07. The molecule has 0 aliphatic rings. The van der Waals surface area contributed by atoms with Crippen LogP contribution in [0, 0.1) is 5.92 Å². The number of carbonyl (C=O) groups excluding carboxylic acids is 1. The summed E-state index contributed by atoms with van der Waals surface area (Å²) >= 11 is 0. The third-order valence-electron chi connectivity index (χ3n) is 0.847. The van der Waals surface area contributed by atoms with Crippen molar-refractivity contribution in [1.82, 2.24) is 0 Å². The smallest absolute Gasteiger partial charge is 0.327 e. The van der Waals surface area contributed by atoms with Gasteiger partial charge >= 0.3 is 11.9 Å². The van der Waals surface area contributed by atoms with Gasteiger partial charge in [0, 0.05) is 6.08 Å². The standard InChI is InChI=1S/C5H10O2.C3H4O2/c1-4(2)5(6)7-3;1-2-3(4)5/h4H,1-3H3;2H,1H2,(H,4,5). The van der Waals surface area contributed by atoms with Crippen molar-refractivity contribution in [2.24, 2.45) is 5.92 Å². The number of methoxy groups -OCH3 is 1. The van der Waals surface area contributed by atoms with Crippen molar-refractivity contribution in [1.29, 1.82) is 0 Å². The molecule has 12 heavy (non-hydrogen) atoms. The molecule has 1 N–H and O–H groups in total. The highest BCUT2D eigenvalue weighted by molar-refractivity contribution is 5.78. The summed E-state index contributed by atoms with van der Waals surface area (Å²) in [6.07, 6.45) is 0.833. The van der Waals surface area contributed by atoms with E-state index in [4.69, 9.17) is 5.11 Å². The molecule has 0 aliphatic heterocycles. The molecule has 0 fully saturated rings. The monoisotopic (exact) mass is 174 g/mol. The Morgan fingerprint density at radius 1 is 1.50 bits per heavy atom. The molecule has 0 aromatic rings. The zero-order valence-corrected chi connectivity index (χ0v) is 7.53. The Labute approximate surface area is 71.8 Å². The lowest BCUT2D eigenvalue weighted by atomic mass is 10.2. The van der Waals surface area contributed by atoms with Gasteiger partial charge in [-0.15, -0.1) is 0 Å². The van der Waals surface area contributed by atoms with Crippen molar-refractivity contribution in [2.75, 3.05) is 7.11 Å². The minimum atomic E-state index is -0.981. The van der Waals surface area contributed by atoms with E-state index in [1.54, 1.807) is 13.8 Å². The first kappa shape index (κ1) is 13.3. The molecule has 0 spiro atoms.